The van der Waals surface area contributed by atoms with Crippen molar-refractivity contribution in [2.75, 3.05) is 13.2 Å². The van der Waals surface area contributed by atoms with Gasteiger partial charge in [-0.05, 0) is 25.3 Å². The van der Waals surface area contributed by atoms with E-state index < -0.39 is 0 Å². The molecular weight excluding hydrogens is 278 g/mol. The van der Waals surface area contributed by atoms with Gasteiger partial charge in [-0.15, -0.1) is 0 Å². The summed E-state index contributed by atoms with van der Waals surface area (Å²) in [5, 5.41) is 0. The number of hydrogen-bond acceptors (Lipinski definition) is 3. The highest BCUT2D eigenvalue weighted by Crippen LogP contribution is 2.27. The maximum Gasteiger partial charge on any atom is 0.410 e. The minimum absolute atomic E-state index is 0.108. The first kappa shape index (κ1) is 16.8. The highest BCUT2D eigenvalue weighted by atomic mass is 16.6. The third kappa shape index (κ3) is 4.47. The van der Waals surface area contributed by atoms with E-state index in [0.717, 1.165) is 32.2 Å². The van der Waals surface area contributed by atoms with Crippen LogP contribution in [0, 0.1) is 0 Å². The molecule has 0 radical (unpaired) electrons. The van der Waals surface area contributed by atoms with Crippen LogP contribution >= 0.6 is 0 Å². The molecule has 2 atom stereocenters. The Hall–Kier alpha value is -1.55. The summed E-state index contributed by atoms with van der Waals surface area (Å²) in [5.41, 5.74) is 1.17. The molecule has 2 rings (SSSR count). The summed E-state index contributed by atoms with van der Waals surface area (Å²) in [7, 11) is 0. The Bertz CT molecular complexity index is 449. The van der Waals surface area contributed by atoms with E-state index in [9.17, 15) is 4.79 Å². The highest BCUT2D eigenvalue weighted by Gasteiger charge is 2.37. The number of unbranched alkanes of at least 4 members (excludes halogenated alkanes) is 1. The molecule has 1 amide bonds. The van der Waals surface area contributed by atoms with Gasteiger partial charge in [-0.25, -0.2) is 4.79 Å². The van der Waals surface area contributed by atoms with Gasteiger partial charge in [-0.3, -0.25) is 0 Å². The van der Waals surface area contributed by atoms with E-state index >= 15 is 0 Å². The van der Waals surface area contributed by atoms with Crippen molar-refractivity contribution in [2.45, 2.75) is 58.3 Å². The fourth-order valence-corrected chi connectivity index (χ4v) is 2.99. The molecule has 1 aliphatic rings. The molecule has 2 unspecified atom stereocenters. The maximum absolute atomic E-state index is 12.1. The first-order valence-corrected chi connectivity index (χ1v) is 8.35. The minimum Gasteiger partial charge on any atom is -0.450 e. The summed E-state index contributed by atoms with van der Waals surface area (Å²) < 4.78 is 11.3. The zero-order valence-electron chi connectivity index (χ0n) is 13.7. The van der Waals surface area contributed by atoms with Gasteiger partial charge in [-0.2, -0.15) is 0 Å². The lowest BCUT2D eigenvalue weighted by molar-refractivity contribution is 0.0110. The summed E-state index contributed by atoms with van der Waals surface area (Å²) in [6.45, 7) is 5.77. The molecule has 122 valence electrons. The minimum atomic E-state index is -0.200. The average molecular weight is 305 g/mol. The zero-order chi connectivity index (χ0) is 15.8. The fourth-order valence-electron chi connectivity index (χ4n) is 2.99. The molecule has 0 spiro atoms. The first-order valence-electron chi connectivity index (χ1n) is 8.35. The van der Waals surface area contributed by atoms with Gasteiger partial charge in [0.25, 0.3) is 0 Å². The number of carbonyl (C=O) groups is 1. The molecule has 0 aliphatic carbocycles. The molecule has 0 N–H and O–H groups in total. The number of rotatable bonds is 7. The lowest BCUT2D eigenvalue weighted by Crippen LogP contribution is -2.40. The second-order valence-corrected chi connectivity index (χ2v) is 5.73. The van der Waals surface area contributed by atoms with Crippen LogP contribution in [0.1, 0.15) is 45.1 Å². The number of hydrogen-bond donors (Lipinski definition) is 0. The van der Waals surface area contributed by atoms with Crippen LogP contribution in [0.15, 0.2) is 30.3 Å². The summed E-state index contributed by atoms with van der Waals surface area (Å²) in [6, 6.07) is 10.3. The van der Waals surface area contributed by atoms with E-state index in [1.165, 1.54) is 5.56 Å². The van der Waals surface area contributed by atoms with Gasteiger partial charge in [-0.1, -0.05) is 50.1 Å². The summed E-state index contributed by atoms with van der Waals surface area (Å²) in [5.74, 6) is 0. The molecule has 1 saturated heterocycles. The van der Waals surface area contributed by atoms with Crippen LogP contribution in [0.4, 0.5) is 4.79 Å². The molecule has 1 aromatic carbocycles. The standard InChI is InChI=1S/C18H27NO3/c1-3-5-11-16-17(12-13-19(16)18(20)21-4-2)22-14-15-9-7-6-8-10-15/h6-10,16-17H,3-5,11-14H2,1-2H3. The maximum atomic E-state index is 12.1. The molecule has 0 saturated carbocycles. The number of ether oxygens (including phenoxy) is 2. The van der Waals surface area contributed by atoms with E-state index in [1.54, 1.807) is 0 Å². The Balaban J connectivity index is 1.95. The van der Waals surface area contributed by atoms with Crippen LogP contribution < -0.4 is 0 Å². The smallest absolute Gasteiger partial charge is 0.410 e. The van der Waals surface area contributed by atoms with Crippen LogP contribution in [0.3, 0.4) is 0 Å². The van der Waals surface area contributed by atoms with Crippen LogP contribution in [-0.2, 0) is 16.1 Å². The topological polar surface area (TPSA) is 38.8 Å². The second-order valence-electron chi connectivity index (χ2n) is 5.73. The van der Waals surface area contributed by atoms with Crippen molar-refractivity contribution in [3.8, 4) is 0 Å². The van der Waals surface area contributed by atoms with Crippen LogP contribution in [0.2, 0.25) is 0 Å². The van der Waals surface area contributed by atoms with Gasteiger partial charge in [0.1, 0.15) is 0 Å². The van der Waals surface area contributed by atoms with Crippen molar-refractivity contribution in [2.24, 2.45) is 0 Å². The third-order valence-electron chi connectivity index (χ3n) is 4.15. The van der Waals surface area contributed by atoms with Gasteiger partial charge >= 0.3 is 6.09 Å². The van der Waals surface area contributed by atoms with Gasteiger partial charge in [0.05, 0.1) is 25.4 Å². The third-order valence-corrected chi connectivity index (χ3v) is 4.15. The van der Waals surface area contributed by atoms with Crippen LogP contribution in [0.25, 0.3) is 0 Å². The molecule has 1 aliphatic heterocycles. The summed E-state index contributed by atoms with van der Waals surface area (Å²) in [4.78, 5) is 13.9. The highest BCUT2D eigenvalue weighted by molar-refractivity contribution is 5.68. The fraction of sp³-hybridized carbons (Fsp3) is 0.611. The number of nitrogens with zero attached hydrogens (tertiary/aromatic N) is 1. The molecular formula is C18H27NO3. The molecule has 0 aromatic heterocycles. The van der Waals surface area contributed by atoms with Crippen molar-refractivity contribution in [1.29, 1.82) is 0 Å². The second kappa shape index (κ2) is 8.79. The van der Waals surface area contributed by atoms with Gasteiger partial charge in [0.15, 0.2) is 0 Å². The van der Waals surface area contributed by atoms with E-state index in [2.05, 4.69) is 19.1 Å². The van der Waals surface area contributed by atoms with Gasteiger partial charge in [0, 0.05) is 6.54 Å². The van der Waals surface area contributed by atoms with E-state index in [1.807, 2.05) is 30.0 Å². The molecule has 0 bridgehead atoms. The van der Waals surface area contributed by atoms with Gasteiger partial charge in [0.2, 0.25) is 0 Å². The van der Waals surface area contributed by atoms with Crippen LogP contribution in [-0.4, -0.2) is 36.3 Å². The molecule has 4 heteroatoms. The van der Waals surface area contributed by atoms with Crippen molar-refractivity contribution >= 4 is 6.09 Å². The molecule has 1 fully saturated rings. The predicted molar refractivity (Wildman–Crippen MR) is 86.7 cm³/mol. The molecule has 22 heavy (non-hydrogen) atoms. The summed E-state index contributed by atoms with van der Waals surface area (Å²) in [6.07, 6.45) is 4.00. The Labute approximate surface area is 133 Å². The number of benzene rings is 1. The Morgan fingerprint density at radius 3 is 2.73 bits per heavy atom. The lowest BCUT2D eigenvalue weighted by Gasteiger charge is -2.27. The van der Waals surface area contributed by atoms with Crippen molar-refractivity contribution < 1.29 is 14.3 Å². The zero-order valence-corrected chi connectivity index (χ0v) is 13.7. The number of carbonyl (C=O) groups excluding carboxylic acids is 1. The van der Waals surface area contributed by atoms with Gasteiger partial charge < -0.3 is 14.4 Å². The van der Waals surface area contributed by atoms with Crippen molar-refractivity contribution in [1.82, 2.24) is 4.90 Å². The lowest BCUT2D eigenvalue weighted by atomic mass is 10.1. The summed E-state index contributed by atoms with van der Waals surface area (Å²) >= 11 is 0. The van der Waals surface area contributed by atoms with Crippen molar-refractivity contribution in [3.63, 3.8) is 0 Å². The van der Waals surface area contributed by atoms with E-state index in [0.29, 0.717) is 13.2 Å². The Kier molecular flexibility index (Phi) is 6.72. The largest absolute Gasteiger partial charge is 0.450 e. The SMILES string of the molecule is CCCCC1C(OCc2ccccc2)CCN1C(=O)OCC. The molecule has 4 nitrogen and oxygen atoms in total. The monoisotopic (exact) mass is 305 g/mol. The Morgan fingerprint density at radius 1 is 1.27 bits per heavy atom. The average Bonchev–Trinajstić information content (AvgIpc) is 2.95. The van der Waals surface area contributed by atoms with Crippen LogP contribution in [0.5, 0.6) is 0 Å². The predicted octanol–water partition coefficient (Wildman–Crippen LogP) is 3.99. The first-order chi connectivity index (χ1) is 10.8. The normalized spacial score (nSPS) is 21.1. The van der Waals surface area contributed by atoms with Crippen molar-refractivity contribution in [3.05, 3.63) is 35.9 Å². The number of amides is 1. The quantitative estimate of drug-likeness (QED) is 0.764. The molecule has 1 heterocycles. The van der Waals surface area contributed by atoms with E-state index in [-0.39, 0.29) is 18.2 Å². The number of likely N-dealkylation sites (tertiary alicyclic amines) is 1. The Morgan fingerprint density at radius 2 is 2.05 bits per heavy atom. The molecule has 1 aromatic rings. The van der Waals surface area contributed by atoms with E-state index in [4.69, 9.17) is 9.47 Å².